The normalized spacial score (nSPS) is 10.5. The van der Waals surface area contributed by atoms with E-state index in [0.29, 0.717) is 35.6 Å². The SMILES string of the molecule is Cc1nc(Nc2ccc(NC(=O)COCc3ccccc3)cc2)cc(Nc2ccccn2)n1. The molecule has 33 heavy (non-hydrogen) atoms. The third kappa shape index (κ3) is 6.84. The molecule has 2 heterocycles. The van der Waals surface area contributed by atoms with E-state index in [-0.39, 0.29) is 12.5 Å². The Balaban J connectivity index is 1.30. The number of anilines is 5. The van der Waals surface area contributed by atoms with Gasteiger partial charge in [0.1, 0.15) is 29.9 Å². The summed E-state index contributed by atoms with van der Waals surface area (Å²) in [6.45, 7) is 2.21. The maximum atomic E-state index is 12.1. The molecule has 8 nitrogen and oxygen atoms in total. The lowest BCUT2D eigenvalue weighted by molar-refractivity contribution is -0.121. The number of aromatic nitrogens is 3. The molecule has 8 heteroatoms. The number of ether oxygens (including phenoxy) is 1. The highest BCUT2D eigenvalue weighted by molar-refractivity contribution is 5.91. The van der Waals surface area contributed by atoms with Crippen LogP contribution >= 0.6 is 0 Å². The van der Waals surface area contributed by atoms with Crippen LogP contribution in [0.3, 0.4) is 0 Å². The number of amides is 1. The molecule has 0 unspecified atom stereocenters. The van der Waals surface area contributed by atoms with Crippen molar-refractivity contribution in [3.05, 3.63) is 96.4 Å². The number of hydrogen-bond acceptors (Lipinski definition) is 7. The first-order chi connectivity index (χ1) is 16.1. The van der Waals surface area contributed by atoms with Crippen molar-refractivity contribution in [3.63, 3.8) is 0 Å². The summed E-state index contributed by atoms with van der Waals surface area (Å²) in [6.07, 6.45) is 1.71. The van der Waals surface area contributed by atoms with Gasteiger partial charge < -0.3 is 20.7 Å². The summed E-state index contributed by atoms with van der Waals surface area (Å²) in [5.41, 5.74) is 2.54. The van der Waals surface area contributed by atoms with Crippen LogP contribution in [-0.2, 0) is 16.1 Å². The van der Waals surface area contributed by atoms with Gasteiger partial charge in [-0.25, -0.2) is 15.0 Å². The summed E-state index contributed by atoms with van der Waals surface area (Å²) in [6, 6.07) is 24.5. The molecule has 0 fully saturated rings. The first-order valence-corrected chi connectivity index (χ1v) is 10.5. The van der Waals surface area contributed by atoms with Crippen molar-refractivity contribution in [2.24, 2.45) is 0 Å². The van der Waals surface area contributed by atoms with Crippen LogP contribution in [0.4, 0.5) is 28.8 Å². The molecule has 0 aliphatic heterocycles. The highest BCUT2D eigenvalue weighted by atomic mass is 16.5. The lowest BCUT2D eigenvalue weighted by atomic mass is 10.2. The third-order valence-corrected chi connectivity index (χ3v) is 4.54. The van der Waals surface area contributed by atoms with E-state index in [1.54, 1.807) is 12.3 Å². The van der Waals surface area contributed by atoms with Crippen LogP contribution in [0.2, 0.25) is 0 Å². The largest absolute Gasteiger partial charge is 0.367 e. The molecule has 0 spiro atoms. The molecule has 2 aromatic heterocycles. The Morgan fingerprint density at radius 1 is 0.818 bits per heavy atom. The number of carbonyl (C=O) groups is 1. The van der Waals surface area contributed by atoms with Crippen molar-refractivity contribution >= 4 is 34.7 Å². The smallest absolute Gasteiger partial charge is 0.250 e. The van der Waals surface area contributed by atoms with Crippen molar-refractivity contribution in [2.45, 2.75) is 13.5 Å². The zero-order chi connectivity index (χ0) is 22.9. The fourth-order valence-corrected chi connectivity index (χ4v) is 3.08. The molecule has 0 aliphatic rings. The Morgan fingerprint density at radius 2 is 1.52 bits per heavy atom. The summed E-state index contributed by atoms with van der Waals surface area (Å²) in [5, 5.41) is 9.25. The standard InChI is InChI=1S/C25H24N6O2/c1-18-27-23(15-24(28-18)31-22-9-5-6-14-26-22)29-20-10-12-21(13-11-20)30-25(32)17-33-16-19-7-3-2-4-8-19/h2-15H,16-17H2,1H3,(H,30,32)(H2,26,27,28,29,31). The zero-order valence-electron chi connectivity index (χ0n) is 18.2. The molecule has 0 saturated carbocycles. The minimum atomic E-state index is -0.205. The molecule has 4 aromatic rings. The summed E-state index contributed by atoms with van der Waals surface area (Å²) in [5.74, 6) is 2.41. The van der Waals surface area contributed by atoms with Crippen molar-refractivity contribution < 1.29 is 9.53 Å². The Hall–Kier alpha value is -4.30. The van der Waals surface area contributed by atoms with E-state index in [1.807, 2.05) is 79.7 Å². The average Bonchev–Trinajstić information content (AvgIpc) is 2.81. The summed E-state index contributed by atoms with van der Waals surface area (Å²) in [7, 11) is 0. The molecule has 4 rings (SSSR count). The van der Waals surface area contributed by atoms with E-state index < -0.39 is 0 Å². The molecule has 0 bridgehead atoms. The van der Waals surface area contributed by atoms with Crippen molar-refractivity contribution in [1.29, 1.82) is 0 Å². The second-order valence-electron chi connectivity index (χ2n) is 7.25. The van der Waals surface area contributed by atoms with Gasteiger partial charge in [0.2, 0.25) is 5.91 Å². The van der Waals surface area contributed by atoms with Crippen molar-refractivity contribution in [1.82, 2.24) is 15.0 Å². The molecular weight excluding hydrogens is 416 g/mol. The van der Waals surface area contributed by atoms with Crippen LogP contribution in [0.1, 0.15) is 11.4 Å². The fourth-order valence-electron chi connectivity index (χ4n) is 3.08. The summed E-state index contributed by atoms with van der Waals surface area (Å²) in [4.78, 5) is 25.2. The van der Waals surface area contributed by atoms with Crippen LogP contribution in [0.25, 0.3) is 0 Å². The lowest BCUT2D eigenvalue weighted by Gasteiger charge is -2.11. The second kappa shape index (κ2) is 10.8. The Morgan fingerprint density at radius 3 is 2.24 bits per heavy atom. The van der Waals surface area contributed by atoms with Gasteiger partial charge in [0.05, 0.1) is 6.61 Å². The number of rotatable bonds is 9. The van der Waals surface area contributed by atoms with Gasteiger partial charge in [-0.3, -0.25) is 4.79 Å². The van der Waals surface area contributed by atoms with E-state index >= 15 is 0 Å². The van der Waals surface area contributed by atoms with E-state index in [1.165, 1.54) is 0 Å². The van der Waals surface area contributed by atoms with E-state index in [9.17, 15) is 4.79 Å². The molecule has 0 saturated heterocycles. The van der Waals surface area contributed by atoms with Gasteiger partial charge >= 0.3 is 0 Å². The number of nitrogens with one attached hydrogen (secondary N) is 3. The molecular formula is C25H24N6O2. The van der Waals surface area contributed by atoms with Crippen LogP contribution in [0, 0.1) is 6.92 Å². The van der Waals surface area contributed by atoms with Gasteiger partial charge in [-0.1, -0.05) is 36.4 Å². The van der Waals surface area contributed by atoms with Crippen LogP contribution in [0.5, 0.6) is 0 Å². The van der Waals surface area contributed by atoms with Crippen LogP contribution in [0.15, 0.2) is 85.1 Å². The predicted octanol–water partition coefficient (Wildman–Crippen LogP) is 4.82. The fraction of sp³-hybridized carbons (Fsp3) is 0.120. The number of aryl methyl sites for hydroxylation is 1. The van der Waals surface area contributed by atoms with Gasteiger partial charge in [0.15, 0.2) is 0 Å². The number of nitrogens with zero attached hydrogens (tertiary/aromatic N) is 3. The highest BCUT2D eigenvalue weighted by Gasteiger charge is 2.06. The first-order valence-electron chi connectivity index (χ1n) is 10.5. The van der Waals surface area contributed by atoms with Crippen molar-refractivity contribution in [2.75, 3.05) is 22.6 Å². The lowest BCUT2D eigenvalue weighted by Crippen LogP contribution is -2.18. The second-order valence-corrected chi connectivity index (χ2v) is 7.25. The number of benzene rings is 2. The van der Waals surface area contributed by atoms with E-state index in [4.69, 9.17) is 4.74 Å². The maximum Gasteiger partial charge on any atom is 0.250 e. The van der Waals surface area contributed by atoms with Gasteiger partial charge in [-0.2, -0.15) is 0 Å². The van der Waals surface area contributed by atoms with Crippen molar-refractivity contribution in [3.8, 4) is 0 Å². The predicted molar refractivity (Wildman–Crippen MR) is 129 cm³/mol. The maximum absolute atomic E-state index is 12.1. The monoisotopic (exact) mass is 440 g/mol. The number of hydrogen-bond donors (Lipinski definition) is 3. The molecule has 0 radical (unpaired) electrons. The summed E-state index contributed by atoms with van der Waals surface area (Å²) >= 11 is 0. The Labute approximate surface area is 192 Å². The highest BCUT2D eigenvalue weighted by Crippen LogP contribution is 2.21. The van der Waals surface area contributed by atoms with E-state index in [2.05, 4.69) is 30.9 Å². The summed E-state index contributed by atoms with van der Waals surface area (Å²) < 4.78 is 5.47. The minimum Gasteiger partial charge on any atom is -0.367 e. The topological polar surface area (TPSA) is 101 Å². The van der Waals surface area contributed by atoms with E-state index in [0.717, 1.165) is 11.3 Å². The quantitative estimate of drug-likeness (QED) is 0.343. The van der Waals surface area contributed by atoms with Gasteiger partial charge in [0, 0.05) is 23.6 Å². The molecule has 166 valence electrons. The van der Waals surface area contributed by atoms with Crippen LogP contribution in [-0.4, -0.2) is 27.5 Å². The third-order valence-electron chi connectivity index (χ3n) is 4.54. The molecule has 0 atom stereocenters. The molecule has 0 aliphatic carbocycles. The molecule has 3 N–H and O–H groups in total. The molecule has 1 amide bonds. The van der Waals surface area contributed by atoms with Crippen LogP contribution < -0.4 is 16.0 Å². The Kier molecular flexibility index (Phi) is 7.19. The average molecular weight is 441 g/mol. The number of pyridine rings is 1. The van der Waals surface area contributed by atoms with Gasteiger partial charge in [-0.15, -0.1) is 0 Å². The number of carbonyl (C=O) groups excluding carboxylic acids is 1. The van der Waals surface area contributed by atoms with Gasteiger partial charge in [0.25, 0.3) is 0 Å². The molecule has 2 aromatic carbocycles. The minimum absolute atomic E-state index is 0.0127. The first kappa shape index (κ1) is 21.9. The van der Waals surface area contributed by atoms with Gasteiger partial charge in [-0.05, 0) is 48.9 Å². The zero-order valence-corrected chi connectivity index (χ0v) is 18.2. The Bertz CT molecular complexity index is 1180.